The molecule has 3 heterocycles. The predicted molar refractivity (Wildman–Crippen MR) is 75.9 cm³/mol. The Morgan fingerprint density at radius 3 is 2.79 bits per heavy atom. The third-order valence-corrected chi connectivity index (χ3v) is 3.33. The lowest BCUT2D eigenvalue weighted by atomic mass is 10.0. The number of imidazole rings is 1. The molecule has 0 spiro atoms. The van der Waals surface area contributed by atoms with Crippen LogP contribution in [0.2, 0.25) is 0 Å². The van der Waals surface area contributed by atoms with Gasteiger partial charge in [-0.15, -0.1) is 0 Å². The number of fused-ring (bicyclic) bond motifs is 2. The molecular weight excluding hydrogens is 234 g/mol. The van der Waals surface area contributed by atoms with Crippen molar-refractivity contribution in [3.05, 3.63) is 67.3 Å². The maximum atomic E-state index is 4.50. The van der Waals surface area contributed by atoms with Crippen LogP contribution in [0.15, 0.2) is 67.3 Å². The van der Waals surface area contributed by atoms with Crippen LogP contribution in [0.25, 0.3) is 27.7 Å². The largest absolute Gasteiger partial charge is 0.306 e. The highest BCUT2D eigenvalue weighted by atomic mass is 15.0. The van der Waals surface area contributed by atoms with Crippen molar-refractivity contribution in [3.63, 3.8) is 0 Å². The van der Waals surface area contributed by atoms with Crippen LogP contribution in [0.5, 0.6) is 0 Å². The van der Waals surface area contributed by atoms with Gasteiger partial charge in [0.05, 0.1) is 5.52 Å². The molecule has 3 heteroatoms. The van der Waals surface area contributed by atoms with Gasteiger partial charge in [0.15, 0.2) is 0 Å². The number of hydrogen-bond donors (Lipinski definition) is 0. The molecule has 0 amide bonds. The second-order valence-electron chi connectivity index (χ2n) is 4.49. The fraction of sp³-hybridized carbons (Fsp3) is 0. The van der Waals surface area contributed by atoms with Gasteiger partial charge in [0, 0.05) is 41.3 Å². The molecule has 0 aliphatic rings. The molecule has 0 aliphatic heterocycles. The molecule has 0 atom stereocenters. The van der Waals surface area contributed by atoms with Crippen molar-refractivity contribution in [2.75, 3.05) is 0 Å². The maximum absolute atomic E-state index is 4.50. The third kappa shape index (κ3) is 1.59. The van der Waals surface area contributed by atoms with Gasteiger partial charge in [0.2, 0.25) is 0 Å². The lowest BCUT2D eigenvalue weighted by Crippen LogP contribution is -1.88. The molecule has 19 heavy (non-hydrogen) atoms. The van der Waals surface area contributed by atoms with E-state index in [0.29, 0.717) is 0 Å². The topological polar surface area (TPSA) is 30.2 Å². The molecular formula is C16H11N3. The molecule has 0 saturated carbocycles. The smallest absolute Gasteiger partial charge is 0.136 e. The van der Waals surface area contributed by atoms with Gasteiger partial charge >= 0.3 is 0 Å². The SMILES string of the molecule is c1cnc2c(-c3ccc4nccn4c3)cccc2c1. The second kappa shape index (κ2) is 3.92. The van der Waals surface area contributed by atoms with Gasteiger partial charge in [-0.2, -0.15) is 0 Å². The summed E-state index contributed by atoms with van der Waals surface area (Å²) in [5.74, 6) is 0. The van der Waals surface area contributed by atoms with E-state index in [-0.39, 0.29) is 0 Å². The number of benzene rings is 1. The molecule has 0 unspecified atom stereocenters. The monoisotopic (exact) mass is 245 g/mol. The zero-order valence-electron chi connectivity index (χ0n) is 10.2. The molecule has 4 rings (SSSR count). The van der Waals surface area contributed by atoms with Crippen LogP contribution in [-0.4, -0.2) is 14.4 Å². The first-order valence-corrected chi connectivity index (χ1v) is 6.19. The lowest BCUT2D eigenvalue weighted by Gasteiger charge is -2.06. The molecule has 1 aromatic carbocycles. The van der Waals surface area contributed by atoms with E-state index in [1.54, 1.807) is 6.20 Å². The molecule has 90 valence electrons. The normalized spacial score (nSPS) is 11.2. The van der Waals surface area contributed by atoms with Crippen LogP contribution < -0.4 is 0 Å². The first-order valence-electron chi connectivity index (χ1n) is 6.19. The minimum atomic E-state index is 0.956. The summed E-state index contributed by atoms with van der Waals surface area (Å²) in [7, 11) is 0. The minimum absolute atomic E-state index is 0.956. The van der Waals surface area contributed by atoms with Crippen molar-refractivity contribution in [1.82, 2.24) is 14.4 Å². The Kier molecular flexibility index (Phi) is 2.12. The van der Waals surface area contributed by atoms with Crippen molar-refractivity contribution >= 4 is 16.6 Å². The van der Waals surface area contributed by atoms with Gasteiger partial charge in [0.25, 0.3) is 0 Å². The molecule has 0 saturated heterocycles. The van der Waals surface area contributed by atoms with Crippen LogP contribution in [0, 0.1) is 0 Å². The van der Waals surface area contributed by atoms with Gasteiger partial charge in [0.1, 0.15) is 5.65 Å². The fourth-order valence-electron chi connectivity index (χ4n) is 2.42. The first kappa shape index (κ1) is 10.3. The van der Waals surface area contributed by atoms with Crippen molar-refractivity contribution < 1.29 is 0 Å². The second-order valence-corrected chi connectivity index (χ2v) is 4.49. The number of nitrogens with zero attached hydrogens (tertiary/aromatic N) is 3. The highest BCUT2D eigenvalue weighted by molar-refractivity contribution is 5.93. The Morgan fingerprint density at radius 2 is 1.79 bits per heavy atom. The predicted octanol–water partition coefficient (Wildman–Crippen LogP) is 3.55. The molecule has 0 radical (unpaired) electrons. The molecule has 0 aliphatic carbocycles. The van der Waals surface area contributed by atoms with Crippen molar-refractivity contribution in [2.24, 2.45) is 0 Å². The van der Waals surface area contributed by atoms with Gasteiger partial charge in [-0.25, -0.2) is 4.98 Å². The first-order chi connectivity index (χ1) is 9.42. The summed E-state index contributed by atoms with van der Waals surface area (Å²) < 4.78 is 2.02. The quantitative estimate of drug-likeness (QED) is 0.513. The lowest BCUT2D eigenvalue weighted by molar-refractivity contribution is 1.19. The standard InChI is InChI=1S/C16H11N3/c1-3-12-4-2-8-18-16(12)14(5-1)13-6-7-15-17-9-10-19(15)11-13/h1-11H. The number of aromatic nitrogens is 3. The Bertz CT molecular complexity index is 872. The van der Waals surface area contributed by atoms with Crippen LogP contribution in [0.1, 0.15) is 0 Å². The Hall–Kier alpha value is -2.68. The molecule has 0 fully saturated rings. The zero-order chi connectivity index (χ0) is 12.7. The van der Waals surface area contributed by atoms with E-state index in [1.165, 1.54) is 0 Å². The molecule has 0 bridgehead atoms. The summed E-state index contributed by atoms with van der Waals surface area (Å²) >= 11 is 0. The Morgan fingerprint density at radius 1 is 0.842 bits per heavy atom. The summed E-state index contributed by atoms with van der Waals surface area (Å²) in [4.78, 5) is 8.76. The van der Waals surface area contributed by atoms with E-state index < -0.39 is 0 Å². The minimum Gasteiger partial charge on any atom is -0.306 e. The van der Waals surface area contributed by atoms with E-state index in [9.17, 15) is 0 Å². The van der Waals surface area contributed by atoms with Gasteiger partial charge < -0.3 is 4.40 Å². The van der Waals surface area contributed by atoms with E-state index in [0.717, 1.165) is 27.7 Å². The molecule has 3 aromatic heterocycles. The van der Waals surface area contributed by atoms with Crippen LogP contribution in [0.3, 0.4) is 0 Å². The van der Waals surface area contributed by atoms with E-state index in [2.05, 4.69) is 46.5 Å². The van der Waals surface area contributed by atoms with Crippen LogP contribution in [-0.2, 0) is 0 Å². The molecule has 4 aromatic rings. The Labute approximate surface area is 110 Å². The van der Waals surface area contributed by atoms with Crippen LogP contribution >= 0.6 is 0 Å². The van der Waals surface area contributed by atoms with E-state index in [1.807, 2.05) is 28.9 Å². The third-order valence-electron chi connectivity index (χ3n) is 3.33. The van der Waals surface area contributed by atoms with Crippen molar-refractivity contribution in [3.8, 4) is 11.1 Å². The number of para-hydroxylation sites is 1. The summed E-state index contributed by atoms with van der Waals surface area (Å²) in [5, 5.41) is 1.16. The van der Waals surface area contributed by atoms with Crippen molar-refractivity contribution in [1.29, 1.82) is 0 Å². The highest BCUT2D eigenvalue weighted by Gasteiger charge is 2.05. The number of pyridine rings is 2. The van der Waals surface area contributed by atoms with E-state index >= 15 is 0 Å². The van der Waals surface area contributed by atoms with Gasteiger partial charge in [-0.1, -0.05) is 24.3 Å². The summed E-state index contributed by atoms with van der Waals surface area (Å²) in [6.07, 6.45) is 7.69. The molecule has 0 N–H and O–H groups in total. The highest BCUT2D eigenvalue weighted by Crippen LogP contribution is 2.26. The Balaban J connectivity index is 2.03. The average molecular weight is 245 g/mol. The molecule has 3 nitrogen and oxygen atoms in total. The number of hydrogen-bond acceptors (Lipinski definition) is 2. The summed E-state index contributed by atoms with van der Waals surface area (Å²) in [5.41, 5.74) is 4.28. The van der Waals surface area contributed by atoms with Gasteiger partial charge in [-0.3, -0.25) is 4.98 Å². The average Bonchev–Trinajstić information content (AvgIpc) is 2.94. The fourth-order valence-corrected chi connectivity index (χ4v) is 2.42. The van der Waals surface area contributed by atoms with E-state index in [4.69, 9.17) is 0 Å². The summed E-state index contributed by atoms with van der Waals surface area (Å²) in [6, 6.07) is 14.4. The zero-order valence-corrected chi connectivity index (χ0v) is 10.2. The van der Waals surface area contributed by atoms with Crippen LogP contribution in [0.4, 0.5) is 0 Å². The van der Waals surface area contributed by atoms with Gasteiger partial charge in [-0.05, 0) is 18.2 Å². The van der Waals surface area contributed by atoms with Crippen molar-refractivity contribution in [2.45, 2.75) is 0 Å². The number of rotatable bonds is 1. The maximum Gasteiger partial charge on any atom is 0.136 e. The summed E-state index contributed by atoms with van der Waals surface area (Å²) in [6.45, 7) is 0.